The highest BCUT2D eigenvalue weighted by atomic mass is 15.0. The summed E-state index contributed by atoms with van der Waals surface area (Å²) in [6.45, 7) is 9.14. The van der Waals surface area contributed by atoms with Gasteiger partial charge in [0.2, 0.25) is 5.69 Å². The van der Waals surface area contributed by atoms with Crippen LogP contribution >= 0.6 is 0 Å². The summed E-state index contributed by atoms with van der Waals surface area (Å²) >= 11 is 0. The van der Waals surface area contributed by atoms with Crippen molar-refractivity contribution in [3.8, 4) is 62.0 Å². The van der Waals surface area contributed by atoms with Crippen LogP contribution in [-0.2, 0) is 0 Å². The SMILES string of the molecule is [C-]#[N+]c1c(C#N)c(-n2c3ccc(-c4ccccc4)cc3c3cc(-c4ccccc4)ccc32)c2c(c1-n1c3ccc(-c4ccccc4)cc3c3cc(-c4ccccc4)ccc31)C1CCC2CC1. The van der Waals surface area contributed by atoms with E-state index in [2.05, 4.69) is 214 Å². The van der Waals surface area contributed by atoms with Gasteiger partial charge in [0.25, 0.3) is 0 Å². The molecule has 2 aromatic heterocycles. The fourth-order valence-corrected chi connectivity index (χ4v) is 11.7. The lowest BCUT2D eigenvalue weighted by Crippen LogP contribution is -2.26. The topological polar surface area (TPSA) is 38.0 Å². The number of nitrogens with zero attached hydrogens (tertiary/aromatic N) is 4. The number of nitriles is 1. The molecule has 2 bridgehead atoms. The van der Waals surface area contributed by atoms with Gasteiger partial charge in [0, 0.05) is 21.5 Å². The van der Waals surface area contributed by atoms with Crippen molar-refractivity contribution in [1.82, 2.24) is 9.13 Å². The first kappa shape index (κ1) is 38.1. The second-order valence-corrected chi connectivity index (χ2v) is 18.1. The zero-order valence-corrected chi connectivity index (χ0v) is 36.2. The largest absolute Gasteiger partial charge is 0.319 e. The summed E-state index contributed by atoms with van der Waals surface area (Å²) in [4.78, 5) is 4.46. The van der Waals surface area contributed by atoms with E-state index in [1.807, 2.05) is 0 Å². The molecule has 0 amide bonds. The van der Waals surface area contributed by atoms with E-state index in [-0.39, 0.29) is 11.8 Å². The van der Waals surface area contributed by atoms with Crippen molar-refractivity contribution in [2.24, 2.45) is 0 Å². The highest BCUT2D eigenvalue weighted by molar-refractivity contribution is 6.14. The quantitative estimate of drug-likeness (QED) is 0.154. The van der Waals surface area contributed by atoms with Crippen molar-refractivity contribution < 1.29 is 0 Å². The zero-order chi connectivity index (χ0) is 43.9. The first-order valence-electron chi connectivity index (χ1n) is 23.1. The van der Waals surface area contributed by atoms with Gasteiger partial charge in [0.05, 0.1) is 51.6 Å². The van der Waals surface area contributed by atoms with E-state index in [0.717, 1.165) is 125 Å². The predicted octanol–water partition coefficient (Wildman–Crippen LogP) is 16.7. The fourth-order valence-electron chi connectivity index (χ4n) is 11.7. The monoisotopic (exact) mass is 842 g/mol. The molecular formula is C62H42N4. The smallest absolute Gasteiger partial charge is 0.230 e. The summed E-state index contributed by atoms with van der Waals surface area (Å²) in [6.07, 6.45) is 4.26. The minimum atomic E-state index is 0.257. The number of hydrogen-bond donors (Lipinski definition) is 0. The van der Waals surface area contributed by atoms with Crippen molar-refractivity contribution in [3.63, 3.8) is 0 Å². The van der Waals surface area contributed by atoms with Gasteiger partial charge in [-0.25, -0.2) is 4.85 Å². The molecule has 4 heteroatoms. The van der Waals surface area contributed by atoms with Gasteiger partial charge in [-0.1, -0.05) is 146 Å². The lowest BCUT2D eigenvalue weighted by molar-refractivity contribution is 0.358. The summed E-state index contributed by atoms with van der Waals surface area (Å²) in [6, 6.07) is 72.1. The van der Waals surface area contributed by atoms with E-state index in [4.69, 9.17) is 6.57 Å². The molecule has 0 aliphatic heterocycles. The Balaban J connectivity index is 1.14. The first-order valence-corrected chi connectivity index (χ1v) is 23.1. The maximum atomic E-state index is 11.7. The predicted molar refractivity (Wildman–Crippen MR) is 272 cm³/mol. The summed E-state index contributed by atoms with van der Waals surface area (Å²) in [5.74, 6) is 0.516. The third-order valence-electron chi connectivity index (χ3n) is 14.7. The lowest BCUT2D eigenvalue weighted by atomic mass is 9.65. The van der Waals surface area contributed by atoms with Crippen LogP contribution in [0.5, 0.6) is 0 Å². The molecule has 3 aliphatic carbocycles. The average Bonchev–Trinajstić information content (AvgIpc) is 3.90. The van der Waals surface area contributed by atoms with E-state index in [1.54, 1.807) is 0 Å². The molecule has 14 rings (SSSR count). The molecule has 2 heterocycles. The molecular weight excluding hydrogens is 801 g/mol. The molecule has 0 N–H and O–H groups in total. The van der Waals surface area contributed by atoms with Gasteiger partial charge in [-0.3, -0.25) is 0 Å². The molecule has 66 heavy (non-hydrogen) atoms. The zero-order valence-electron chi connectivity index (χ0n) is 36.2. The van der Waals surface area contributed by atoms with Crippen molar-refractivity contribution in [3.05, 3.63) is 222 Å². The van der Waals surface area contributed by atoms with Crippen molar-refractivity contribution in [2.45, 2.75) is 37.5 Å². The number of benzene rings is 9. The Hall–Kier alpha value is -8.44. The second kappa shape index (κ2) is 15.1. The van der Waals surface area contributed by atoms with Crippen LogP contribution < -0.4 is 0 Å². The van der Waals surface area contributed by atoms with Gasteiger partial charge in [0.15, 0.2) is 0 Å². The van der Waals surface area contributed by atoms with E-state index in [1.165, 1.54) is 11.1 Å². The fraction of sp³-hybridized carbons (Fsp3) is 0.0968. The summed E-state index contributed by atoms with van der Waals surface area (Å²) in [7, 11) is 0. The van der Waals surface area contributed by atoms with Gasteiger partial charge < -0.3 is 9.13 Å². The number of rotatable bonds is 6. The van der Waals surface area contributed by atoms with Crippen LogP contribution in [0.1, 0.15) is 54.2 Å². The van der Waals surface area contributed by atoms with Gasteiger partial charge in [-0.2, -0.15) is 5.26 Å². The number of aromatic nitrogens is 2. The third-order valence-corrected chi connectivity index (χ3v) is 14.7. The van der Waals surface area contributed by atoms with Crippen LogP contribution in [0.3, 0.4) is 0 Å². The molecule has 0 atom stereocenters. The normalized spacial score (nSPS) is 15.3. The second-order valence-electron chi connectivity index (χ2n) is 18.1. The van der Waals surface area contributed by atoms with Crippen LogP contribution in [0.2, 0.25) is 0 Å². The third kappa shape index (κ3) is 5.75. The van der Waals surface area contributed by atoms with E-state index in [9.17, 15) is 5.26 Å². The molecule has 4 nitrogen and oxygen atoms in total. The number of hydrogen-bond acceptors (Lipinski definition) is 1. The van der Waals surface area contributed by atoms with Crippen molar-refractivity contribution in [2.75, 3.05) is 0 Å². The molecule has 310 valence electrons. The molecule has 1 saturated carbocycles. The molecule has 3 aliphatic rings. The minimum Gasteiger partial charge on any atom is -0.319 e. The van der Waals surface area contributed by atoms with E-state index >= 15 is 0 Å². The molecule has 0 unspecified atom stereocenters. The van der Waals surface area contributed by atoms with Gasteiger partial charge >= 0.3 is 0 Å². The van der Waals surface area contributed by atoms with Crippen LogP contribution in [-0.4, -0.2) is 9.13 Å². The Bertz CT molecular complexity index is 3370. The minimum absolute atomic E-state index is 0.257. The van der Waals surface area contributed by atoms with Gasteiger partial charge in [-0.05, 0) is 142 Å². The van der Waals surface area contributed by atoms with Crippen LogP contribution in [0.15, 0.2) is 194 Å². The Morgan fingerprint density at radius 3 is 1.00 bits per heavy atom. The van der Waals surface area contributed by atoms with Crippen molar-refractivity contribution in [1.29, 1.82) is 5.26 Å². The molecule has 0 radical (unpaired) electrons. The molecule has 1 fully saturated rings. The lowest BCUT2D eigenvalue weighted by Gasteiger charge is -2.42. The first-order chi connectivity index (χ1) is 32.7. The van der Waals surface area contributed by atoms with E-state index < -0.39 is 0 Å². The highest BCUT2D eigenvalue weighted by Crippen LogP contribution is 2.58. The van der Waals surface area contributed by atoms with Crippen molar-refractivity contribution >= 4 is 49.3 Å². The Morgan fingerprint density at radius 1 is 0.394 bits per heavy atom. The summed E-state index contributed by atoms with van der Waals surface area (Å²) in [5.41, 5.74) is 18.5. The highest BCUT2D eigenvalue weighted by Gasteiger charge is 2.41. The maximum Gasteiger partial charge on any atom is 0.230 e. The molecule has 0 spiro atoms. The molecule has 9 aromatic carbocycles. The van der Waals surface area contributed by atoms with Crippen LogP contribution in [0.25, 0.3) is 104 Å². The maximum absolute atomic E-state index is 11.7. The Morgan fingerprint density at radius 2 is 0.697 bits per heavy atom. The Kier molecular flexibility index (Phi) is 8.70. The van der Waals surface area contributed by atoms with Crippen LogP contribution in [0, 0.1) is 17.9 Å². The van der Waals surface area contributed by atoms with Gasteiger partial charge in [-0.15, -0.1) is 0 Å². The Labute approximate surface area is 383 Å². The standard InChI is InChI=1S/C62H42N4/c1-64-60-53(38-63)61(65-54-30-26-45(39-14-6-2-7-15-39)34-49(54)50-35-46(27-31-55(50)65)40-16-8-3-9-17-40)58-43-22-24-44(25-23-43)59(58)62(60)66-56-32-28-47(41-18-10-4-11-19-41)36-51(56)52-37-48(29-33-57(52)66)42-20-12-5-13-21-42/h2-21,26-37,43-44H,22-25H2. The van der Waals surface area contributed by atoms with Crippen LogP contribution in [0.4, 0.5) is 5.69 Å². The molecule has 11 aromatic rings. The van der Waals surface area contributed by atoms with E-state index in [0.29, 0.717) is 11.3 Å². The molecule has 0 saturated heterocycles. The summed E-state index contributed by atoms with van der Waals surface area (Å²) < 4.78 is 4.71. The number of fused-ring (bicyclic) bond motifs is 8. The summed E-state index contributed by atoms with van der Waals surface area (Å²) in [5, 5.41) is 16.2. The average molecular weight is 843 g/mol. The van der Waals surface area contributed by atoms with Gasteiger partial charge in [0.1, 0.15) is 0 Å².